The predicted octanol–water partition coefficient (Wildman–Crippen LogP) is 15.8. The van der Waals surface area contributed by atoms with Gasteiger partial charge in [-0.15, -0.1) is 0 Å². The highest BCUT2D eigenvalue weighted by atomic mass is 16.5. The first-order valence-corrected chi connectivity index (χ1v) is 32.5. The van der Waals surface area contributed by atoms with Gasteiger partial charge in [-0.25, -0.2) is 0 Å². The standard InChI is InChI=1S/C13H23N.C13H22O.C12H22O.C11H21N.C10H21N.C9H19N/c1-13(2,3)12-10-4-9-5-11(12)8-14(6-9)7-10;1-13(2,3)12-8-4-10-6-9(12)7-11(5-8)14-10;1-12(2,3)11-9-5-4-6-10(11)8-13-7-9;1-11(2,3)10-8-12-6-4-9(10)5-7-12;1-10(2,3)9-5-4-7-11-8-6-9;1-9(2,3)8-5-4-6-10-7-8/h9-12H,4-8H2,1-3H3;8-12H,4-7H2,1-3H3;9-11H,4-8H2,1-3H3;9-10H,4-8H2,1-3H3;9,11H,4-8H2,1-3H3;8,10H,4-7H2,1-3H3. The summed E-state index contributed by atoms with van der Waals surface area (Å²) >= 11 is 0. The van der Waals surface area contributed by atoms with Crippen molar-refractivity contribution < 1.29 is 9.47 Å². The topological polar surface area (TPSA) is 49.0 Å². The minimum Gasteiger partial charge on any atom is -0.381 e. The number of fused-ring (bicyclic) bond motifs is 5. The number of hydrogen-bond acceptors (Lipinski definition) is 6. The molecule has 74 heavy (non-hydrogen) atoms. The predicted molar refractivity (Wildman–Crippen MR) is 318 cm³/mol. The molecule has 7 atom stereocenters. The summed E-state index contributed by atoms with van der Waals surface area (Å²) in [6.07, 6.45) is 23.8. The zero-order valence-corrected chi connectivity index (χ0v) is 52.7. The Bertz CT molecular complexity index is 1510. The Hall–Kier alpha value is -0.240. The molecule has 6 heteroatoms. The van der Waals surface area contributed by atoms with Crippen molar-refractivity contribution in [3.8, 4) is 0 Å². The zero-order valence-electron chi connectivity index (χ0n) is 52.7. The second-order valence-electron chi connectivity index (χ2n) is 34.3. The van der Waals surface area contributed by atoms with Crippen molar-refractivity contribution in [3.63, 3.8) is 0 Å². The summed E-state index contributed by atoms with van der Waals surface area (Å²) in [5.74, 6) is 13.5. The summed E-state index contributed by atoms with van der Waals surface area (Å²) in [4.78, 5) is 5.38. The van der Waals surface area contributed by atoms with Crippen molar-refractivity contribution in [2.24, 2.45) is 115 Å². The maximum absolute atomic E-state index is 5.98. The first-order valence-electron chi connectivity index (χ1n) is 32.5. The van der Waals surface area contributed by atoms with Crippen molar-refractivity contribution >= 4 is 0 Å². The molecule has 11 aliphatic heterocycles. The van der Waals surface area contributed by atoms with Crippen LogP contribution in [0.4, 0.5) is 0 Å². The van der Waals surface area contributed by atoms with Crippen LogP contribution in [0.3, 0.4) is 0 Å². The summed E-state index contributed by atoms with van der Waals surface area (Å²) < 4.78 is 11.6. The molecule has 11 saturated heterocycles. The van der Waals surface area contributed by atoms with E-state index in [1.165, 1.54) is 168 Å². The van der Waals surface area contributed by atoms with Gasteiger partial charge in [0.05, 0.1) is 12.2 Å². The van der Waals surface area contributed by atoms with Crippen LogP contribution in [0.15, 0.2) is 0 Å². The van der Waals surface area contributed by atoms with Gasteiger partial charge in [-0.05, 0) is 251 Å². The maximum atomic E-state index is 5.98. The molecular weight excluding hydrogens is 905 g/mol. The molecular formula is C68H128N4O2. The molecule has 4 saturated carbocycles. The summed E-state index contributed by atoms with van der Waals surface area (Å²) in [5.41, 5.74) is 3.11. The van der Waals surface area contributed by atoms with E-state index in [4.69, 9.17) is 9.47 Å². The molecule has 6 nitrogen and oxygen atoms in total. The number of piperidine rings is 7. The van der Waals surface area contributed by atoms with Crippen molar-refractivity contribution in [2.75, 3.05) is 78.7 Å². The number of rotatable bonds is 0. The number of ether oxygens (including phenoxy) is 2. The fourth-order valence-electron chi connectivity index (χ4n) is 19.4. The van der Waals surface area contributed by atoms with Crippen LogP contribution in [-0.2, 0) is 9.47 Å². The van der Waals surface area contributed by atoms with Crippen LogP contribution in [0.1, 0.15) is 227 Å². The lowest BCUT2D eigenvalue weighted by atomic mass is 9.54. The Morgan fingerprint density at radius 2 is 0.838 bits per heavy atom. The van der Waals surface area contributed by atoms with Crippen LogP contribution < -0.4 is 10.6 Å². The van der Waals surface area contributed by atoms with Crippen LogP contribution in [0.25, 0.3) is 0 Å². The van der Waals surface area contributed by atoms with Crippen LogP contribution in [-0.4, -0.2) is 101 Å². The minimum atomic E-state index is 0.486. The Labute approximate surface area is 461 Å². The molecule has 7 unspecified atom stereocenters. The summed E-state index contributed by atoms with van der Waals surface area (Å²) in [5, 5.41) is 6.89. The molecule has 0 radical (unpaired) electrons. The number of nitrogens with zero attached hydrogens (tertiary/aromatic N) is 2. The monoisotopic (exact) mass is 1030 g/mol. The largest absolute Gasteiger partial charge is 0.381 e. The van der Waals surface area contributed by atoms with E-state index < -0.39 is 0 Å². The normalized spacial score (nSPS) is 41.3. The first kappa shape index (κ1) is 61.4. The lowest BCUT2D eigenvalue weighted by Gasteiger charge is -2.59. The molecule has 0 amide bonds. The third kappa shape index (κ3) is 16.7. The Balaban J connectivity index is 0.000000130. The molecule has 0 aromatic carbocycles. The molecule has 4 aliphatic carbocycles. The van der Waals surface area contributed by atoms with Gasteiger partial charge in [0.1, 0.15) is 0 Å². The van der Waals surface area contributed by atoms with Crippen molar-refractivity contribution in [3.05, 3.63) is 0 Å². The van der Waals surface area contributed by atoms with E-state index in [0.717, 1.165) is 96.1 Å². The SMILES string of the molecule is CC(C)(C)C1C2CC3CC1CC(C2)O3.CC(C)(C)C1C2CC3CC1CN(C3)C2.CC(C)(C)C1C2CCCC1COC2.CC(C)(C)C1CCCNC1.CC(C)(C)C1CCCNCC1.CC(C)(C)C1CN2CCC1CC2. The molecule has 15 rings (SSSR count). The highest BCUT2D eigenvalue weighted by Crippen LogP contribution is 2.57. The first-order chi connectivity index (χ1) is 34.4. The fraction of sp³-hybridized carbons (Fsp3) is 1.00. The van der Waals surface area contributed by atoms with Crippen molar-refractivity contribution in [1.82, 2.24) is 20.4 Å². The Morgan fingerprint density at radius 3 is 1.23 bits per heavy atom. The second-order valence-corrected chi connectivity index (χ2v) is 34.3. The van der Waals surface area contributed by atoms with Crippen LogP contribution in [0.2, 0.25) is 0 Å². The van der Waals surface area contributed by atoms with Gasteiger partial charge in [0, 0.05) is 39.4 Å². The van der Waals surface area contributed by atoms with Gasteiger partial charge in [0.2, 0.25) is 0 Å². The van der Waals surface area contributed by atoms with Crippen LogP contribution in [0, 0.1) is 115 Å². The van der Waals surface area contributed by atoms with E-state index in [0.29, 0.717) is 44.7 Å². The molecule has 0 spiro atoms. The fourth-order valence-corrected chi connectivity index (χ4v) is 19.4. The molecule has 2 N–H and O–H groups in total. The third-order valence-corrected chi connectivity index (χ3v) is 22.4. The summed E-state index contributed by atoms with van der Waals surface area (Å²) in [6.45, 7) is 58.5. The van der Waals surface area contributed by atoms with Gasteiger partial charge in [-0.3, -0.25) is 0 Å². The molecule has 0 aromatic heterocycles. The van der Waals surface area contributed by atoms with Crippen molar-refractivity contribution in [1.29, 1.82) is 0 Å². The summed E-state index contributed by atoms with van der Waals surface area (Å²) in [7, 11) is 0. The molecule has 15 aliphatic rings. The Kier molecular flexibility index (Phi) is 21.0. The quantitative estimate of drug-likeness (QED) is 0.252. The maximum Gasteiger partial charge on any atom is 0.0584 e. The van der Waals surface area contributed by atoms with E-state index in [-0.39, 0.29) is 0 Å². The van der Waals surface area contributed by atoms with E-state index >= 15 is 0 Å². The van der Waals surface area contributed by atoms with Gasteiger partial charge < -0.3 is 29.9 Å². The minimum absolute atomic E-state index is 0.486. The van der Waals surface area contributed by atoms with Gasteiger partial charge in [-0.2, -0.15) is 0 Å². The third-order valence-electron chi connectivity index (χ3n) is 22.4. The molecule has 15 fully saturated rings. The van der Waals surface area contributed by atoms with E-state index in [1.807, 2.05) is 0 Å². The highest BCUT2D eigenvalue weighted by molar-refractivity contribution is 5.03. The van der Waals surface area contributed by atoms with Gasteiger partial charge in [-0.1, -0.05) is 131 Å². The van der Waals surface area contributed by atoms with Crippen LogP contribution in [0.5, 0.6) is 0 Å². The summed E-state index contributed by atoms with van der Waals surface area (Å²) in [6, 6.07) is 0. The van der Waals surface area contributed by atoms with Crippen molar-refractivity contribution in [2.45, 2.75) is 240 Å². The number of hydrogen-bond donors (Lipinski definition) is 2. The average Bonchev–Trinajstić information content (AvgIpc) is 3.59. The number of nitrogens with one attached hydrogen (secondary N) is 2. The Morgan fingerprint density at radius 1 is 0.365 bits per heavy atom. The van der Waals surface area contributed by atoms with E-state index in [1.54, 1.807) is 0 Å². The van der Waals surface area contributed by atoms with Gasteiger partial charge in [0.25, 0.3) is 0 Å². The molecule has 12 bridgehead atoms. The lowest BCUT2D eigenvalue weighted by Crippen LogP contribution is -2.60. The lowest BCUT2D eigenvalue weighted by molar-refractivity contribution is -0.195. The van der Waals surface area contributed by atoms with Gasteiger partial charge in [0.15, 0.2) is 0 Å². The highest BCUT2D eigenvalue weighted by Gasteiger charge is 2.53. The second kappa shape index (κ2) is 25.3. The van der Waals surface area contributed by atoms with Crippen LogP contribution >= 0.6 is 0 Å². The smallest absolute Gasteiger partial charge is 0.0584 e. The molecule has 432 valence electrons. The van der Waals surface area contributed by atoms with Gasteiger partial charge >= 0.3 is 0 Å². The zero-order chi connectivity index (χ0) is 54.0. The molecule has 11 heterocycles. The average molecular weight is 1030 g/mol. The van der Waals surface area contributed by atoms with E-state index in [9.17, 15) is 0 Å². The molecule has 0 aromatic rings. The van der Waals surface area contributed by atoms with E-state index in [2.05, 4.69) is 145 Å².